The Kier molecular flexibility index (Phi) is 6.72. The van der Waals surface area contributed by atoms with Gasteiger partial charge in [0.2, 0.25) is 0 Å². The fourth-order valence-electron chi connectivity index (χ4n) is 4.36. The first-order valence-corrected chi connectivity index (χ1v) is 10.7. The first-order valence-electron chi connectivity index (χ1n) is 10.7. The molecule has 30 heavy (non-hydrogen) atoms. The number of rotatable bonds is 7. The van der Waals surface area contributed by atoms with E-state index >= 15 is 0 Å². The number of nitrogens with zero attached hydrogens (tertiary/aromatic N) is 3. The number of hydrogen-bond donors (Lipinski definition) is 0. The first kappa shape index (κ1) is 20.5. The van der Waals surface area contributed by atoms with Crippen LogP contribution in [0, 0.1) is 5.92 Å². The number of aromatic nitrogens is 2. The Bertz CT molecular complexity index is 980. The zero-order valence-corrected chi connectivity index (χ0v) is 17.5. The summed E-state index contributed by atoms with van der Waals surface area (Å²) < 4.78 is 7.15. The molecule has 2 heterocycles. The number of piperidine rings is 1. The fraction of sp³-hybridized carbons (Fsp3) is 0.360. The summed E-state index contributed by atoms with van der Waals surface area (Å²) in [7, 11) is 1.76. The molecule has 1 atom stereocenters. The predicted octanol–water partition coefficient (Wildman–Crippen LogP) is 4.01. The molecule has 0 aliphatic carbocycles. The number of methoxy groups -OCH3 is 1. The lowest BCUT2D eigenvalue weighted by Gasteiger charge is -2.37. The first-order chi connectivity index (χ1) is 14.8. The Balaban J connectivity index is 1.42. The Labute approximate surface area is 177 Å². The van der Waals surface area contributed by atoms with Crippen molar-refractivity contribution in [3.8, 4) is 11.1 Å². The summed E-state index contributed by atoms with van der Waals surface area (Å²) in [4.78, 5) is 15.5. The van der Waals surface area contributed by atoms with Crippen molar-refractivity contribution in [3.05, 3.63) is 88.8 Å². The second-order valence-electron chi connectivity index (χ2n) is 7.96. The number of hydrogen-bond acceptors (Lipinski definition) is 4. The van der Waals surface area contributed by atoms with E-state index in [0.29, 0.717) is 24.6 Å². The molecule has 1 unspecified atom stereocenters. The SMILES string of the molecule is COCC(c1ccccc1)N1CCC(Cn2nccc(-c3ccccc3)c2=O)CC1. The maximum atomic E-state index is 13.0. The monoisotopic (exact) mass is 403 g/mol. The van der Waals surface area contributed by atoms with Crippen LogP contribution in [-0.4, -0.2) is 41.5 Å². The van der Waals surface area contributed by atoms with Crippen molar-refractivity contribution in [2.24, 2.45) is 5.92 Å². The van der Waals surface area contributed by atoms with Crippen LogP contribution in [0.15, 0.2) is 77.7 Å². The molecule has 0 radical (unpaired) electrons. The van der Waals surface area contributed by atoms with Crippen molar-refractivity contribution < 1.29 is 4.74 Å². The smallest absolute Gasteiger partial charge is 0.274 e. The topological polar surface area (TPSA) is 47.4 Å². The van der Waals surface area contributed by atoms with Gasteiger partial charge in [0.25, 0.3) is 5.56 Å². The second kappa shape index (κ2) is 9.83. The highest BCUT2D eigenvalue weighted by atomic mass is 16.5. The highest BCUT2D eigenvalue weighted by Crippen LogP contribution is 2.28. The number of benzene rings is 2. The third kappa shape index (κ3) is 4.69. The quantitative estimate of drug-likeness (QED) is 0.598. The van der Waals surface area contributed by atoms with Crippen LogP contribution in [0.1, 0.15) is 24.4 Å². The van der Waals surface area contributed by atoms with E-state index < -0.39 is 0 Å². The lowest BCUT2D eigenvalue weighted by atomic mass is 9.94. The van der Waals surface area contributed by atoms with Crippen molar-refractivity contribution in [1.82, 2.24) is 14.7 Å². The third-order valence-electron chi connectivity index (χ3n) is 6.03. The molecule has 0 amide bonds. The van der Waals surface area contributed by atoms with Crippen LogP contribution in [0.2, 0.25) is 0 Å². The van der Waals surface area contributed by atoms with Crippen LogP contribution in [0.25, 0.3) is 11.1 Å². The van der Waals surface area contributed by atoms with E-state index in [1.165, 1.54) is 5.56 Å². The number of likely N-dealkylation sites (tertiary alicyclic amines) is 1. The van der Waals surface area contributed by atoms with Crippen LogP contribution < -0.4 is 5.56 Å². The summed E-state index contributed by atoms with van der Waals surface area (Å²) >= 11 is 0. The Morgan fingerprint density at radius 1 is 1.00 bits per heavy atom. The van der Waals surface area contributed by atoms with Gasteiger partial charge in [-0.15, -0.1) is 0 Å². The highest BCUT2D eigenvalue weighted by Gasteiger charge is 2.26. The third-order valence-corrected chi connectivity index (χ3v) is 6.03. The molecular formula is C25H29N3O2. The van der Waals surface area contributed by atoms with Crippen molar-refractivity contribution in [2.45, 2.75) is 25.4 Å². The summed E-state index contributed by atoms with van der Waals surface area (Å²) in [5, 5.41) is 4.36. The van der Waals surface area contributed by atoms with Crippen LogP contribution in [0.3, 0.4) is 0 Å². The summed E-state index contributed by atoms with van der Waals surface area (Å²) in [6, 6.07) is 22.5. The van der Waals surface area contributed by atoms with Crippen molar-refractivity contribution in [2.75, 3.05) is 26.8 Å². The lowest BCUT2D eigenvalue weighted by molar-refractivity contribution is 0.0610. The molecule has 2 aromatic carbocycles. The van der Waals surface area contributed by atoms with Gasteiger partial charge in [-0.25, -0.2) is 4.68 Å². The van der Waals surface area contributed by atoms with E-state index in [0.717, 1.165) is 31.5 Å². The molecule has 0 spiro atoms. The zero-order valence-electron chi connectivity index (χ0n) is 17.5. The van der Waals surface area contributed by atoms with E-state index in [4.69, 9.17) is 4.74 Å². The molecule has 1 fully saturated rings. The molecule has 0 N–H and O–H groups in total. The maximum absolute atomic E-state index is 13.0. The minimum absolute atomic E-state index is 0.00678. The molecule has 1 aliphatic rings. The Morgan fingerprint density at radius 3 is 2.33 bits per heavy atom. The second-order valence-corrected chi connectivity index (χ2v) is 7.96. The highest BCUT2D eigenvalue weighted by molar-refractivity contribution is 5.61. The van der Waals surface area contributed by atoms with E-state index in [1.54, 1.807) is 18.0 Å². The maximum Gasteiger partial charge on any atom is 0.274 e. The van der Waals surface area contributed by atoms with Gasteiger partial charge in [0.15, 0.2) is 0 Å². The van der Waals surface area contributed by atoms with E-state index in [-0.39, 0.29) is 11.6 Å². The predicted molar refractivity (Wildman–Crippen MR) is 119 cm³/mol. The Hall–Kier alpha value is -2.76. The van der Waals surface area contributed by atoms with E-state index in [2.05, 4.69) is 34.3 Å². The fourth-order valence-corrected chi connectivity index (χ4v) is 4.36. The van der Waals surface area contributed by atoms with Gasteiger partial charge in [-0.3, -0.25) is 9.69 Å². The summed E-state index contributed by atoms with van der Waals surface area (Å²) in [6.45, 7) is 3.36. The van der Waals surface area contributed by atoms with E-state index in [9.17, 15) is 4.79 Å². The summed E-state index contributed by atoms with van der Waals surface area (Å²) in [5.41, 5.74) is 2.95. The molecule has 5 nitrogen and oxygen atoms in total. The van der Waals surface area contributed by atoms with Gasteiger partial charge in [-0.2, -0.15) is 5.10 Å². The average Bonchev–Trinajstić information content (AvgIpc) is 2.81. The molecule has 1 aromatic heterocycles. The normalized spacial score (nSPS) is 16.4. The van der Waals surface area contributed by atoms with Crippen molar-refractivity contribution in [3.63, 3.8) is 0 Å². The minimum atomic E-state index is -0.00678. The largest absolute Gasteiger partial charge is 0.383 e. The molecule has 0 bridgehead atoms. The van der Waals surface area contributed by atoms with E-state index in [1.807, 2.05) is 42.5 Å². The Morgan fingerprint density at radius 2 is 1.67 bits per heavy atom. The molecular weight excluding hydrogens is 374 g/mol. The van der Waals surface area contributed by atoms with Crippen molar-refractivity contribution in [1.29, 1.82) is 0 Å². The number of ether oxygens (including phenoxy) is 1. The molecule has 1 saturated heterocycles. The minimum Gasteiger partial charge on any atom is -0.383 e. The van der Waals surface area contributed by atoms with Crippen LogP contribution in [0.5, 0.6) is 0 Å². The molecule has 5 heteroatoms. The molecule has 156 valence electrons. The average molecular weight is 404 g/mol. The van der Waals surface area contributed by atoms with Gasteiger partial charge < -0.3 is 4.74 Å². The van der Waals surface area contributed by atoms with Crippen molar-refractivity contribution >= 4 is 0 Å². The summed E-state index contributed by atoms with van der Waals surface area (Å²) in [6.07, 6.45) is 3.84. The molecule has 3 aromatic rings. The van der Waals surface area contributed by atoms with Gasteiger partial charge in [-0.05, 0) is 49.0 Å². The van der Waals surface area contributed by atoms with Crippen LogP contribution in [0.4, 0.5) is 0 Å². The van der Waals surface area contributed by atoms with Gasteiger partial charge in [0.1, 0.15) is 0 Å². The van der Waals surface area contributed by atoms with Gasteiger partial charge in [0.05, 0.1) is 18.2 Å². The molecule has 4 rings (SSSR count). The summed E-state index contributed by atoms with van der Waals surface area (Å²) in [5.74, 6) is 0.455. The van der Waals surface area contributed by atoms with Crippen LogP contribution >= 0.6 is 0 Å². The molecule has 1 aliphatic heterocycles. The molecule has 0 saturated carbocycles. The zero-order chi connectivity index (χ0) is 20.8. The van der Waals surface area contributed by atoms with Gasteiger partial charge >= 0.3 is 0 Å². The standard InChI is InChI=1S/C25H29N3O2/c1-30-19-24(22-10-6-3-7-11-22)27-16-13-20(14-17-27)18-28-25(29)23(12-15-26-28)21-8-4-2-5-9-21/h2-12,15,20,24H,13-14,16-19H2,1H3. The lowest BCUT2D eigenvalue weighted by Crippen LogP contribution is -2.40. The van der Waals surface area contributed by atoms with Gasteiger partial charge in [0, 0.05) is 19.9 Å². The van der Waals surface area contributed by atoms with Gasteiger partial charge in [-0.1, -0.05) is 60.7 Å². The van der Waals surface area contributed by atoms with Crippen LogP contribution in [-0.2, 0) is 11.3 Å².